The topological polar surface area (TPSA) is 20.2 Å². The zero-order valence-corrected chi connectivity index (χ0v) is 9.53. The van der Waals surface area contributed by atoms with Gasteiger partial charge >= 0.3 is 0 Å². The molecule has 2 heteroatoms. The first-order valence-corrected chi connectivity index (χ1v) is 5.78. The maximum Gasteiger partial charge on any atom is 0.123 e. The molecule has 1 unspecified atom stereocenters. The molecule has 1 aromatic rings. The first kappa shape index (κ1) is 12.9. The van der Waals surface area contributed by atoms with Crippen molar-refractivity contribution >= 4 is 0 Å². The highest BCUT2D eigenvalue weighted by Gasteiger charge is 2.06. The summed E-state index contributed by atoms with van der Waals surface area (Å²) in [6.45, 7) is 3.66. The summed E-state index contributed by atoms with van der Waals surface area (Å²) in [7, 11) is 0. The summed E-state index contributed by atoms with van der Waals surface area (Å²) in [5.41, 5.74) is 0.796. The van der Waals surface area contributed by atoms with E-state index in [-0.39, 0.29) is 5.82 Å². The number of aliphatic hydroxyl groups excluding tert-OH is 1. The minimum absolute atomic E-state index is 0.262. The maximum absolute atomic E-state index is 12.7. The van der Waals surface area contributed by atoms with Crippen LogP contribution in [0.2, 0.25) is 0 Å². The van der Waals surface area contributed by atoms with Crippen molar-refractivity contribution in [3.8, 4) is 0 Å². The molecule has 0 fully saturated rings. The summed E-state index contributed by atoms with van der Waals surface area (Å²) < 4.78 is 12.7. The van der Waals surface area contributed by atoms with Crippen LogP contribution in [-0.2, 0) is 0 Å². The number of aliphatic hydroxyl groups is 1. The quantitative estimate of drug-likeness (QED) is 0.546. The number of rotatable bonds is 7. The molecule has 0 heterocycles. The lowest BCUT2D eigenvalue weighted by molar-refractivity contribution is 0.163. The average molecular weight is 222 g/mol. The molecule has 1 N–H and O–H groups in total. The highest BCUT2D eigenvalue weighted by molar-refractivity contribution is 5.18. The van der Waals surface area contributed by atoms with Gasteiger partial charge in [-0.15, -0.1) is 6.58 Å². The van der Waals surface area contributed by atoms with Gasteiger partial charge in [-0.25, -0.2) is 4.39 Å². The lowest BCUT2D eigenvalue weighted by Crippen LogP contribution is -1.97. The normalized spacial score (nSPS) is 12.4. The number of allylic oxidation sites excluding steroid dienone is 1. The lowest BCUT2D eigenvalue weighted by atomic mass is 10.0. The van der Waals surface area contributed by atoms with E-state index in [2.05, 4.69) is 6.58 Å². The van der Waals surface area contributed by atoms with Gasteiger partial charge in [0.15, 0.2) is 0 Å². The van der Waals surface area contributed by atoms with Crippen molar-refractivity contribution in [1.82, 2.24) is 0 Å². The van der Waals surface area contributed by atoms with E-state index in [4.69, 9.17) is 0 Å². The molecule has 0 spiro atoms. The molecule has 0 aliphatic heterocycles. The van der Waals surface area contributed by atoms with Crippen LogP contribution in [-0.4, -0.2) is 5.11 Å². The minimum Gasteiger partial charge on any atom is -0.388 e. The fourth-order valence-corrected chi connectivity index (χ4v) is 1.65. The van der Waals surface area contributed by atoms with Gasteiger partial charge in [0.05, 0.1) is 6.10 Å². The highest BCUT2D eigenvalue weighted by atomic mass is 19.1. The molecule has 1 atom stereocenters. The standard InChI is InChI=1S/C14H19FO/c1-2-3-4-5-6-7-14(16)12-8-10-13(15)11-9-12/h2,8-11,14,16H,1,3-7H2. The third-order valence-corrected chi connectivity index (χ3v) is 2.64. The van der Waals surface area contributed by atoms with Gasteiger partial charge in [-0.3, -0.25) is 0 Å². The predicted octanol–water partition coefficient (Wildman–Crippen LogP) is 4.00. The molecule has 0 aliphatic rings. The summed E-state index contributed by atoms with van der Waals surface area (Å²) in [5.74, 6) is -0.262. The van der Waals surface area contributed by atoms with Gasteiger partial charge in [-0.2, -0.15) is 0 Å². The van der Waals surface area contributed by atoms with Crippen molar-refractivity contribution in [2.45, 2.75) is 38.2 Å². The first-order valence-electron chi connectivity index (χ1n) is 5.78. The van der Waals surface area contributed by atoms with Crippen LogP contribution in [0.4, 0.5) is 4.39 Å². The molecule has 1 rings (SSSR count). The van der Waals surface area contributed by atoms with E-state index in [0.717, 1.165) is 37.7 Å². The molecule has 0 aromatic heterocycles. The highest BCUT2D eigenvalue weighted by Crippen LogP contribution is 2.20. The number of halogens is 1. The van der Waals surface area contributed by atoms with Gasteiger partial charge < -0.3 is 5.11 Å². The van der Waals surface area contributed by atoms with Crippen LogP contribution < -0.4 is 0 Å². The van der Waals surface area contributed by atoms with Crippen LogP contribution in [0.1, 0.15) is 43.8 Å². The molecular weight excluding hydrogens is 203 g/mol. The van der Waals surface area contributed by atoms with Crippen molar-refractivity contribution in [3.63, 3.8) is 0 Å². The Morgan fingerprint density at radius 2 is 1.88 bits per heavy atom. The van der Waals surface area contributed by atoms with Crippen molar-refractivity contribution in [1.29, 1.82) is 0 Å². The molecule has 16 heavy (non-hydrogen) atoms. The van der Waals surface area contributed by atoms with Crippen LogP contribution in [0.15, 0.2) is 36.9 Å². The van der Waals surface area contributed by atoms with Crippen LogP contribution in [0, 0.1) is 5.82 Å². The van der Waals surface area contributed by atoms with E-state index in [1.54, 1.807) is 12.1 Å². The number of benzene rings is 1. The fraction of sp³-hybridized carbons (Fsp3) is 0.429. The Labute approximate surface area is 96.6 Å². The summed E-state index contributed by atoms with van der Waals surface area (Å²) in [6.07, 6.45) is 6.44. The van der Waals surface area contributed by atoms with E-state index in [1.165, 1.54) is 12.1 Å². The predicted molar refractivity (Wildman–Crippen MR) is 64.6 cm³/mol. The number of hydrogen-bond donors (Lipinski definition) is 1. The van der Waals surface area contributed by atoms with Crippen LogP contribution in [0.3, 0.4) is 0 Å². The molecule has 0 radical (unpaired) electrons. The molecule has 1 aromatic carbocycles. The van der Waals surface area contributed by atoms with Crippen molar-refractivity contribution in [2.75, 3.05) is 0 Å². The van der Waals surface area contributed by atoms with E-state index in [0.29, 0.717) is 0 Å². The van der Waals surface area contributed by atoms with Gasteiger partial charge in [0.25, 0.3) is 0 Å². The van der Waals surface area contributed by atoms with Gasteiger partial charge in [-0.1, -0.05) is 31.1 Å². The Balaban J connectivity index is 2.26. The Bertz CT molecular complexity index is 305. The van der Waals surface area contributed by atoms with Gasteiger partial charge in [-0.05, 0) is 37.0 Å². The molecule has 0 bridgehead atoms. The molecule has 0 amide bonds. The van der Waals surface area contributed by atoms with E-state index in [9.17, 15) is 9.50 Å². The monoisotopic (exact) mass is 222 g/mol. The zero-order chi connectivity index (χ0) is 11.8. The summed E-state index contributed by atoms with van der Waals surface area (Å²) in [4.78, 5) is 0. The molecule has 0 saturated heterocycles. The SMILES string of the molecule is C=CCCCCCC(O)c1ccc(F)cc1. The minimum atomic E-state index is -0.468. The summed E-state index contributed by atoms with van der Waals surface area (Å²) in [6, 6.07) is 6.06. The molecule has 1 nitrogen and oxygen atoms in total. The van der Waals surface area contributed by atoms with E-state index < -0.39 is 6.10 Å². The molecular formula is C14H19FO. The Hall–Kier alpha value is -1.15. The molecule has 0 aliphatic carbocycles. The fourth-order valence-electron chi connectivity index (χ4n) is 1.65. The average Bonchev–Trinajstić information content (AvgIpc) is 2.29. The van der Waals surface area contributed by atoms with E-state index in [1.807, 2.05) is 6.08 Å². The second-order valence-electron chi connectivity index (χ2n) is 3.99. The second kappa shape index (κ2) is 7.18. The van der Waals surface area contributed by atoms with Crippen molar-refractivity contribution < 1.29 is 9.50 Å². The van der Waals surface area contributed by atoms with Gasteiger partial charge in [0, 0.05) is 0 Å². The van der Waals surface area contributed by atoms with Crippen LogP contribution >= 0.6 is 0 Å². The maximum atomic E-state index is 12.7. The third kappa shape index (κ3) is 4.58. The number of unbranched alkanes of at least 4 members (excludes halogenated alkanes) is 3. The Kier molecular flexibility index (Phi) is 5.79. The van der Waals surface area contributed by atoms with Crippen LogP contribution in [0.25, 0.3) is 0 Å². The molecule has 0 saturated carbocycles. The Morgan fingerprint density at radius 1 is 1.19 bits per heavy atom. The van der Waals surface area contributed by atoms with E-state index >= 15 is 0 Å². The van der Waals surface area contributed by atoms with Gasteiger partial charge in [0.2, 0.25) is 0 Å². The number of hydrogen-bond acceptors (Lipinski definition) is 1. The van der Waals surface area contributed by atoms with Crippen molar-refractivity contribution in [2.24, 2.45) is 0 Å². The van der Waals surface area contributed by atoms with Crippen molar-refractivity contribution in [3.05, 3.63) is 48.3 Å². The van der Waals surface area contributed by atoms with Gasteiger partial charge in [0.1, 0.15) is 5.82 Å². The summed E-state index contributed by atoms with van der Waals surface area (Å²) >= 11 is 0. The lowest BCUT2D eigenvalue weighted by Gasteiger charge is -2.10. The largest absolute Gasteiger partial charge is 0.388 e. The summed E-state index contributed by atoms with van der Waals surface area (Å²) in [5, 5.41) is 9.83. The Morgan fingerprint density at radius 3 is 2.50 bits per heavy atom. The smallest absolute Gasteiger partial charge is 0.123 e. The van der Waals surface area contributed by atoms with Crippen LogP contribution in [0.5, 0.6) is 0 Å². The first-order chi connectivity index (χ1) is 7.74. The second-order valence-corrected chi connectivity index (χ2v) is 3.99. The molecule has 88 valence electrons. The third-order valence-electron chi connectivity index (χ3n) is 2.64. The zero-order valence-electron chi connectivity index (χ0n) is 9.53.